The van der Waals surface area contributed by atoms with Crippen LogP contribution >= 0.6 is 0 Å². The summed E-state index contributed by atoms with van der Waals surface area (Å²) in [5.41, 5.74) is 5.13. The monoisotopic (exact) mass is 307 g/mol. The topological polar surface area (TPSA) is 59.5 Å². The summed E-state index contributed by atoms with van der Waals surface area (Å²) < 4.78 is 7.13. The molecule has 0 saturated heterocycles. The number of para-hydroxylation sites is 2. The van der Waals surface area contributed by atoms with Crippen LogP contribution in [0.2, 0.25) is 0 Å². The smallest absolute Gasteiger partial charge is 0.138 e. The second-order valence-electron chi connectivity index (χ2n) is 5.61. The Kier molecular flexibility index (Phi) is 3.22. The Morgan fingerprint density at radius 2 is 2.09 bits per heavy atom. The van der Waals surface area contributed by atoms with Crippen molar-refractivity contribution < 1.29 is 4.52 Å². The number of aliphatic imine (C=N–C) groups is 1. The molecule has 2 aromatic heterocycles. The number of anilines is 2. The molecule has 23 heavy (non-hydrogen) atoms. The number of hydrogen-bond donors (Lipinski definition) is 0. The van der Waals surface area contributed by atoms with Gasteiger partial charge in [0, 0.05) is 18.0 Å². The van der Waals surface area contributed by atoms with Gasteiger partial charge >= 0.3 is 0 Å². The first kappa shape index (κ1) is 13.8. The number of rotatable bonds is 3. The Morgan fingerprint density at radius 3 is 2.91 bits per heavy atom. The van der Waals surface area contributed by atoms with E-state index in [0.29, 0.717) is 6.54 Å². The van der Waals surface area contributed by atoms with Crippen LogP contribution in [0.4, 0.5) is 17.1 Å². The average Bonchev–Trinajstić information content (AvgIpc) is 3.16. The molecule has 0 spiro atoms. The third kappa shape index (κ3) is 2.42. The van der Waals surface area contributed by atoms with Crippen molar-refractivity contribution in [3.8, 4) is 0 Å². The van der Waals surface area contributed by atoms with Crippen molar-refractivity contribution in [2.75, 3.05) is 11.4 Å². The highest BCUT2D eigenvalue weighted by molar-refractivity contribution is 5.86. The van der Waals surface area contributed by atoms with Crippen LogP contribution in [0.25, 0.3) is 0 Å². The predicted molar refractivity (Wildman–Crippen MR) is 88.9 cm³/mol. The summed E-state index contributed by atoms with van der Waals surface area (Å²) in [7, 11) is 0. The van der Waals surface area contributed by atoms with E-state index in [0.717, 1.165) is 40.6 Å². The molecule has 3 heterocycles. The van der Waals surface area contributed by atoms with Crippen molar-refractivity contribution in [2.24, 2.45) is 4.99 Å². The van der Waals surface area contributed by atoms with Crippen molar-refractivity contribution >= 4 is 23.3 Å². The lowest BCUT2D eigenvalue weighted by atomic mass is 10.2. The average molecular weight is 307 g/mol. The highest BCUT2D eigenvalue weighted by Crippen LogP contribution is 2.35. The van der Waals surface area contributed by atoms with E-state index in [9.17, 15) is 0 Å². The van der Waals surface area contributed by atoms with Gasteiger partial charge in [-0.15, -0.1) is 0 Å². The Labute approximate surface area is 134 Å². The van der Waals surface area contributed by atoms with Crippen molar-refractivity contribution in [1.29, 1.82) is 0 Å². The van der Waals surface area contributed by atoms with E-state index in [1.54, 1.807) is 0 Å². The predicted octanol–water partition coefficient (Wildman–Crippen LogP) is 3.39. The fraction of sp³-hybridized carbons (Fsp3) is 0.235. The minimum Gasteiger partial charge on any atom is -0.361 e. The van der Waals surface area contributed by atoms with Crippen LogP contribution < -0.4 is 4.90 Å². The molecule has 0 N–H and O–H groups in total. The first-order valence-electron chi connectivity index (χ1n) is 7.55. The summed E-state index contributed by atoms with van der Waals surface area (Å²) in [6.07, 6.45) is 5.85. The van der Waals surface area contributed by atoms with E-state index < -0.39 is 0 Å². The molecule has 0 saturated carbocycles. The lowest BCUT2D eigenvalue weighted by molar-refractivity contribution is 0.391. The van der Waals surface area contributed by atoms with Gasteiger partial charge in [-0.2, -0.15) is 5.10 Å². The van der Waals surface area contributed by atoms with E-state index >= 15 is 0 Å². The molecule has 1 aromatic carbocycles. The van der Waals surface area contributed by atoms with Crippen LogP contribution in [0.1, 0.15) is 17.0 Å². The highest BCUT2D eigenvalue weighted by atomic mass is 16.5. The molecule has 116 valence electrons. The molecule has 6 heteroatoms. The van der Waals surface area contributed by atoms with Crippen LogP contribution in [-0.4, -0.2) is 27.7 Å². The van der Waals surface area contributed by atoms with Crippen molar-refractivity contribution in [2.45, 2.75) is 20.4 Å². The Bertz CT molecular complexity index is 857. The molecule has 6 nitrogen and oxygen atoms in total. The van der Waals surface area contributed by atoms with Crippen LogP contribution in [-0.2, 0) is 6.54 Å². The number of fused-ring (bicyclic) bond motifs is 1. The molecular weight excluding hydrogens is 290 g/mol. The summed E-state index contributed by atoms with van der Waals surface area (Å²) in [5.74, 6) is 0.843. The first-order valence-corrected chi connectivity index (χ1v) is 7.55. The van der Waals surface area contributed by atoms with Gasteiger partial charge in [-0.1, -0.05) is 17.3 Å². The molecule has 3 aromatic rings. The van der Waals surface area contributed by atoms with Crippen molar-refractivity contribution in [3.63, 3.8) is 0 Å². The van der Waals surface area contributed by atoms with E-state index in [-0.39, 0.29) is 0 Å². The molecule has 4 rings (SSSR count). The summed E-state index contributed by atoms with van der Waals surface area (Å²) in [4.78, 5) is 6.65. The summed E-state index contributed by atoms with van der Waals surface area (Å²) in [5, 5.41) is 8.48. The standard InChI is InChI=1S/C17H17N5O/c1-12-15(13(2)23-20-12)11-21-10-14(9-19-21)22-8-7-18-16-5-3-4-6-17(16)22/h3-7,9-10H,8,11H2,1-2H3. The minimum absolute atomic E-state index is 0.657. The second kappa shape index (κ2) is 5.39. The zero-order valence-electron chi connectivity index (χ0n) is 13.1. The van der Waals surface area contributed by atoms with E-state index in [1.807, 2.05) is 55.3 Å². The third-order valence-corrected chi connectivity index (χ3v) is 4.10. The molecular formula is C17H17N5O. The number of benzene rings is 1. The number of hydrogen-bond acceptors (Lipinski definition) is 5. The third-order valence-electron chi connectivity index (χ3n) is 4.10. The van der Waals surface area contributed by atoms with Gasteiger partial charge in [0.05, 0.1) is 42.0 Å². The largest absolute Gasteiger partial charge is 0.361 e. The fourth-order valence-electron chi connectivity index (χ4n) is 2.83. The van der Waals surface area contributed by atoms with Gasteiger partial charge < -0.3 is 9.42 Å². The normalized spacial score (nSPS) is 13.4. The van der Waals surface area contributed by atoms with Gasteiger partial charge in [-0.25, -0.2) is 0 Å². The fourth-order valence-corrected chi connectivity index (χ4v) is 2.83. The van der Waals surface area contributed by atoms with Crippen LogP contribution in [0.15, 0.2) is 46.2 Å². The highest BCUT2D eigenvalue weighted by Gasteiger charge is 2.17. The van der Waals surface area contributed by atoms with Gasteiger partial charge in [-0.05, 0) is 26.0 Å². The van der Waals surface area contributed by atoms with E-state index in [4.69, 9.17) is 4.52 Å². The Balaban J connectivity index is 1.63. The maximum atomic E-state index is 5.22. The Hall–Kier alpha value is -2.89. The molecule has 1 aliphatic rings. The molecule has 0 atom stereocenters. The second-order valence-corrected chi connectivity index (χ2v) is 5.61. The maximum Gasteiger partial charge on any atom is 0.138 e. The summed E-state index contributed by atoms with van der Waals surface area (Å²) in [6.45, 7) is 5.28. The quantitative estimate of drug-likeness (QED) is 0.744. The lowest BCUT2D eigenvalue weighted by Gasteiger charge is -2.25. The number of aryl methyl sites for hydroxylation is 2. The summed E-state index contributed by atoms with van der Waals surface area (Å²) in [6, 6.07) is 8.13. The van der Waals surface area contributed by atoms with Gasteiger partial charge in [-0.3, -0.25) is 9.67 Å². The van der Waals surface area contributed by atoms with Gasteiger partial charge in [0.15, 0.2) is 0 Å². The Morgan fingerprint density at radius 1 is 1.22 bits per heavy atom. The molecule has 0 amide bonds. The van der Waals surface area contributed by atoms with Gasteiger partial charge in [0.25, 0.3) is 0 Å². The van der Waals surface area contributed by atoms with Gasteiger partial charge in [0.1, 0.15) is 5.76 Å². The molecule has 0 aliphatic carbocycles. The zero-order chi connectivity index (χ0) is 15.8. The summed E-state index contributed by atoms with van der Waals surface area (Å²) >= 11 is 0. The van der Waals surface area contributed by atoms with E-state index in [2.05, 4.69) is 26.2 Å². The van der Waals surface area contributed by atoms with Crippen LogP contribution in [0.5, 0.6) is 0 Å². The van der Waals surface area contributed by atoms with Crippen LogP contribution in [0.3, 0.4) is 0 Å². The minimum atomic E-state index is 0.657. The molecule has 0 fully saturated rings. The molecule has 1 aliphatic heterocycles. The number of nitrogens with zero attached hydrogens (tertiary/aromatic N) is 5. The lowest BCUT2D eigenvalue weighted by Crippen LogP contribution is -2.21. The zero-order valence-corrected chi connectivity index (χ0v) is 13.1. The maximum absolute atomic E-state index is 5.22. The molecule has 0 radical (unpaired) electrons. The first-order chi connectivity index (χ1) is 11.2. The van der Waals surface area contributed by atoms with Crippen molar-refractivity contribution in [3.05, 3.63) is 53.7 Å². The van der Waals surface area contributed by atoms with Gasteiger partial charge in [0.2, 0.25) is 0 Å². The number of aromatic nitrogens is 3. The molecule has 0 bridgehead atoms. The van der Waals surface area contributed by atoms with Crippen molar-refractivity contribution in [1.82, 2.24) is 14.9 Å². The SMILES string of the molecule is Cc1noc(C)c1Cn1cc(N2CC=Nc3ccccc32)cn1. The van der Waals surface area contributed by atoms with Crippen LogP contribution in [0, 0.1) is 13.8 Å². The molecule has 0 unspecified atom stereocenters. The van der Waals surface area contributed by atoms with E-state index in [1.165, 1.54) is 0 Å².